The molecule has 0 fully saturated rings. The molecule has 2 heterocycles. The molecular formula is C16H15N3O3S. The Labute approximate surface area is 137 Å². The lowest BCUT2D eigenvalue weighted by Crippen LogP contribution is -2.37. The van der Waals surface area contributed by atoms with Crippen LogP contribution in [0.25, 0.3) is 0 Å². The van der Waals surface area contributed by atoms with Gasteiger partial charge in [0, 0.05) is 4.88 Å². The zero-order valence-electron chi connectivity index (χ0n) is 12.8. The van der Waals surface area contributed by atoms with Crippen molar-refractivity contribution in [3.05, 3.63) is 46.0 Å². The SMILES string of the molecule is CCc1nc(NC(=O)CN2C(=O)c3ccccc3C2=O)sc1C. The Balaban J connectivity index is 1.71. The molecule has 1 aliphatic heterocycles. The number of benzene rings is 1. The van der Waals surface area contributed by atoms with Gasteiger partial charge in [0.05, 0.1) is 16.8 Å². The summed E-state index contributed by atoms with van der Waals surface area (Å²) in [5.41, 5.74) is 1.61. The fraction of sp³-hybridized carbons (Fsp3) is 0.250. The number of amides is 3. The van der Waals surface area contributed by atoms with Gasteiger partial charge in [-0.05, 0) is 25.5 Å². The van der Waals surface area contributed by atoms with Crippen LogP contribution in [0, 0.1) is 6.92 Å². The number of aryl methyl sites for hydroxylation is 2. The van der Waals surface area contributed by atoms with Crippen molar-refractivity contribution in [1.29, 1.82) is 0 Å². The molecule has 2 aromatic rings. The predicted molar refractivity (Wildman–Crippen MR) is 86.7 cm³/mol. The van der Waals surface area contributed by atoms with Gasteiger partial charge in [-0.15, -0.1) is 11.3 Å². The third kappa shape index (κ3) is 2.75. The number of hydrogen-bond donors (Lipinski definition) is 1. The molecule has 0 aliphatic carbocycles. The minimum atomic E-state index is -0.440. The number of fused-ring (bicyclic) bond motifs is 1. The van der Waals surface area contributed by atoms with E-state index in [0.717, 1.165) is 21.9 Å². The Bertz CT molecular complexity index is 778. The number of thiazole rings is 1. The Kier molecular flexibility index (Phi) is 3.96. The van der Waals surface area contributed by atoms with E-state index in [1.165, 1.54) is 11.3 Å². The first-order chi connectivity index (χ1) is 11.0. The third-order valence-electron chi connectivity index (χ3n) is 3.65. The van der Waals surface area contributed by atoms with Crippen molar-refractivity contribution >= 4 is 34.2 Å². The van der Waals surface area contributed by atoms with Crippen LogP contribution in [0.2, 0.25) is 0 Å². The van der Waals surface area contributed by atoms with E-state index in [0.29, 0.717) is 16.3 Å². The van der Waals surface area contributed by atoms with E-state index < -0.39 is 17.7 Å². The van der Waals surface area contributed by atoms with Crippen LogP contribution in [0.4, 0.5) is 5.13 Å². The van der Waals surface area contributed by atoms with E-state index in [2.05, 4.69) is 10.3 Å². The van der Waals surface area contributed by atoms with Crippen LogP contribution >= 0.6 is 11.3 Å². The summed E-state index contributed by atoms with van der Waals surface area (Å²) in [5.74, 6) is -1.31. The van der Waals surface area contributed by atoms with Gasteiger partial charge in [-0.2, -0.15) is 0 Å². The molecule has 0 saturated carbocycles. The molecular weight excluding hydrogens is 314 g/mol. The zero-order valence-corrected chi connectivity index (χ0v) is 13.6. The van der Waals surface area contributed by atoms with Gasteiger partial charge in [0.2, 0.25) is 5.91 Å². The molecule has 7 heteroatoms. The zero-order chi connectivity index (χ0) is 16.6. The van der Waals surface area contributed by atoms with E-state index in [1.807, 2.05) is 13.8 Å². The van der Waals surface area contributed by atoms with Gasteiger partial charge in [0.25, 0.3) is 11.8 Å². The molecule has 0 radical (unpaired) electrons. The van der Waals surface area contributed by atoms with Gasteiger partial charge in [-0.3, -0.25) is 19.3 Å². The van der Waals surface area contributed by atoms with E-state index in [1.54, 1.807) is 24.3 Å². The maximum absolute atomic E-state index is 12.2. The Hall–Kier alpha value is -2.54. The average Bonchev–Trinajstić information content (AvgIpc) is 3.00. The largest absolute Gasteiger partial charge is 0.300 e. The van der Waals surface area contributed by atoms with Crippen LogP contribution < -0.4 is 5.32 Å². The first kappa shape index (κ1) is 15.4. The molecule has 3 rings (SSSR count). The van der Waals surface area contributed by atoms with E-state index in [-0.39, 0.29) is 6.54 Å². The normalized spacial score (nSPS) is 13.4. The molecule has 118 valence electrons. The molecule has 3 amide bonds. The third-order valence-corrected chi connectivity index (χ3v) is 4.58. The highest BCUT2D eigenvalue weighted by Crippen LogP contribution is 2.24. The predicted octanol–water partition coefficient (Wildman–Crippen LogP) is 2.25. The summed E-state index contributed by atoms with van der Waals surface area (Å²) < 4.78 is 0. The second-order valence-corrected chi connectivity index (χ2v) is 6.37. The summed E-state index contributed by atoms with van der Waals surface area (Å²) in [4.78, 5) is 42.9. The van der Waals surface area contributed by atoms with Gasteiger partial charge in [0.15, 0.2) is 5.13 Å². The second kappa shape index (κ2) is 5.92. The van der Waals surface area contributed by atoms with Crippen LogP contribution in [-0.2, 0) is 11.2 Å². The summed E-state index contributed by atoms with van der Waals surface area (Å²) in [7, 11) is 0. The van der Waals surface area contributed by atoms with Gasteiger partial charge < -0.3 is 5.32 Å². The first-order valence-corrected chi connectivity index (χ1v) is 8.04. The molecule has 6 nitrogen and oxygen atoms in total. The Morgan fingerprint density at radius 2 is 1.83 bits per heavy atom. The number of carbonyl (C=O) groups excluding carboxylic acids is 3. The molecule has 23 heavy (non-hydrogen) atoms. The molecule has 1 N–H and O–H groups in total. The van der Waals surface area contributed by atoms with Crippen molar-refractivity contribution in [2.75, 3.05) is 11.9 Å². The minimum absolute atomic E-state index is 0.313. The van der Waals surface area contributed by atoms with Crippen molar-refractivity contribution in [3.63, 3.8) is 0 Å². The lowest BCUT2D eigenvalue weighted by Gasteiger charge is -2.12. The Morgan fingerprint density at radius 1 is 1.22 bits per heavy atom. The number of hydrogen-bond acceptors (Lipinski definition) is 5. The van der Waals surface area contributed by atoms with Crippen molar-refractivity contribution in [1.82, 2.24) is 9.88 Å². The number of carbonyl (C=O) groups is 3. The van der Waals surface area contributed by atoms with E-state index in [4.69, 9.17) is 0 Å². The molecule has 1 aromatic heterocycles. The van der Waals surface area contributed by atoms with Gasteiger partial charge >= 0.3 is 0 Å². The summed E-state index contributed by atoms with van der Waals surface area (Å²) in [6.07, 6.45) is 0.788. The highest BCUT2D eigenvalue weighted by molar-refractivity contribution is 7.15. The molecule has 0 unspecified atom stereocenters. The molecule has 1 aromatic carbocycles. The van der Waals surface area contributed by atoms with Crippen molar-refractivity contribution in [2.45, 2.75) is 20.3 Å². The van der Waals surface area contributed by atoms with Crippen molar-refractivity contribution < 1.29 is 14.4 Å². The monoisotopic (exact) mass is 329 g/mol. The lowest BCUT2D eigenvalue weighted by molar-refractivity contribution is -0.116. The number of nitrogens with zero attached hydrogens (tertiary/aromatic N) is 2. The summed E-state index contributed by atoms with van der Waals surface area (Å²) in [6, 6.07) is 6.56. The minimum Gasteiger partial charge on any atom is -0.300 e. The Morgan fingerprint density at radius 3 is 2.35 bits per heavy atom. The molecule has 0 saturated heterocycles. The van der Waals surface area contributed by atoms with Crippen LogP contribution in [0.5, 0.6) is 0 Å². The maximum Gasteiger partial charge on any atom is 0.262 e. The quantitative estimate of drug-likeness (QED) is 0.873. The number of nitrogens with one attached hydrogen (secondary N) is 1. The standard InChI is InChI=1S/C16H15N3O3S/c1-3-12-9(2)23-16(17-12)18-13(20)8-19-14(21)10-6-4-5-7-11(10)15(19)22/h4-7H,3,8H2,1-2H3,(H,17,18,20). The van der Waals surface area contributed by atoms with Crippen LogP contribution in [0.1, 0.15) is 38.2 Å². The molecule has 0 spiro atoms. The van der Waals surface area contributed by atoms with E-state index >= 15 is 0 Å². The highest BCUT2D eigenvalue weighted by Gasteiger charge is 2.36. The number of aromatic nitrogens is 1. The van der Waals surface area contributed by atoms with E-state index in [9.17, 15) is 14.4 Å². The smallest absolute Gasteiger partial charge is 0.262 e. The summed E-state index contributed by atoms with van der Waals surface area (Å²) in [5, 5.41) is 3.14. The van der Waals surface area contributed by atoms with Crippen molar-refractivity contribution in [2.24, 2.45) is 0 Å². The van der Waals surface area contributed by atoms with Gasteiger partial charge in [-0.1, -0.05) is 19.1 Å². The second-order valence-electron chi connectivity index (χ2n) is 5.17. The number of imide groups is 1. The fourth-order valence-electron chi connectivity index (χ4n) is 2.49. The van der Waals surface area contributed by atoms with Gasteiger partial charge in [-0.25, -0.2) is 4.98 Å². The highest BCUT2D eigenvalue weighted by atomic mass is 32.1. The van der Waals surface area contributed by atoms with Crippen molar-refractivity contribution in [3.8, 4) is 0 Å². The number of rotatable bonds is 4. The molecule has 0 atom stereocenters. The lowest BCUT2D eigenvalue weighted by atomic mass is 10.1. The average molecular weight is 329 g/mol. The first-order valence-electron chi connectivity index (χ1n) is 7.22. The van der Waals surface area contributed by atoms with Crippen LogP contribution in [-0.4, -0.2) is 34.2 Å². The summed E-state index contributed by atoms with van der Waals surface area (Å²) >= 11 is 1.38. The molecule has 0 bridgehead atoms. The fourth-order valence-corrected chi connectivity index (χ4v) is 3.41. The maximum atomic E-state index is 12.2. The van der Waals surface area contributed by atoms with Crippen LogP contribution in [0.15, 0.2) is 24.3 Å². The summed E-state index contributed by atoms with van der Waals surface area (Å²) in [6.45, 7) is 3.62. The van der Waals surface area contributed by atoms with Gasteiger partial charge in [0.1, 0.15) is 6.54 Å². The topological polar surface area (TPSA) is 79.4 Å². The molecule has 1 aliphatic rings. The van der Waals surface area contributed by atoms with Crippen LogP contribution in [0.3, 0.4) is 0 Å². The number of anilines is 1.